The molecule has 0 radical (unpaired) electrons. The highest BCUT2D eigenvalue weighted by Gasteiger charge is 2.57. The predicted octanol–water partition coefficient (Wildman–Crippen LogP) is 4.36. The lowest BCUT2D eigenvalue weighted by Gasteiger charge is -2.12. The van der Waals surface area contributed by atoms with E-state index < -0.39 is 10.0 Å². The second-order valence-electron chi connectivity index (χ2n) is 7.33. The van der Waals surface area contributed by atoms with Crippen molar-refractivity contribution >= 4 is 27.3 Å². The molecular formula is C20H27ClN2O4S. The van der Waals surface area contributed by atoms with Gasteiger partial charge in [0.2, 0.25) is 0 Å². The first-order valence-electron chi connectivity index (χ1n) is 8.85. The molecule has 0 bridgehead atoms. The Morgan fingerprint density at radius 2 is 2.07 bits per heavy atom. The number of ether oxygens (including phenoxy) is 1. The molecule has 0 heterocycles. The van der Waals surface area contributed by atoms with Crippen LogP contribution in [0.3, 0.4) is 0 Å². The number of anilines is 1. The van der Waals surface area contributed by atoms with Crippen molar-refractivity contribution in [2.75, 3.05) is 19.0 Å². The first-order valence-corrected chi connectivity index (χ1v) is 10.7. The summed E-state index contributed by atoms with van der Waals surface area (Å²) in [5.41, 5.74) is 1.68. The third kappa shape index (κ3) is 4.78. The normalized spacial score (nSPS) is 21.6. The minimum atomic E-state index is -3.91. The molecule has 1 aliphatic carbocycles. The summed E-state index contributed by atoms with van der Waals surface area (Å²) < 4.78 is 28.8. The quantitative estimate of drug-likeness (QED) is 0.403. The molecule has 1 saturated carbocycles. The number of benzene rings is 1. The van der Waals surface area contributed by atoms with Crippen LogP contribution in [0.15, 0.2) is 53.5 Å². The van der Waals surface area contributed by atoms with E-state index in [1.807, 2.05) is 12.1 Å². The summed E-state index contributed by atoms with van der Waals surface area (Å²) in [5.74, 6) is 1.23. The summed E-state index contributed by atoms with van der Waals surface area (Å²) in [6.45, 7) is 10.7. The zero-order chi connectivity index (χ0) is 21.1. The number of nitrogens with one attached hydrogen (secondary N) is 2. The van der Waals surface area contributed by atoms with Crippen molar-refractivity contribution < 1.29 is 18.4 Å². The zero-order valence-corrected chi connectivity index (χ0v) is 18.1. The minimum Gasteiger partial charge on any atom is -0.495 e. The Bertz CT molecular complexity index is 907. The van der Waals surface area contributed by atoms with Crippen LogP contribution in [-0.4, -0.2) is 27.3 Å². The number of hydrogen-bond acceptors (Lipinski definition) is 5. The van der Waals surface area contributed by atoms with Crippen LogP contribution in [0, 0.1) is 17.3 Å². The molecule has 3 N–H and O–H groups in total. The van der Waals surface area contributed by atoms with Gasteiger partial charge in [-0.1, -0.05) is 54.6 Å². The van der Waals surface area contributed by atoms with Gasteiger partial charge in [0.15, 0.2) is 0 Å². The summed E-state index contributed by atoms with van der Waals surface area (Å²) in [5, 5.41) is 12.8. The highest BCUT2D eigenvalue weighted by atomic mass is 35.5. The second kappa shape index (κ2) is 8.69. The molecule has 0 aliphatic heterocycles. The first kappa shape index (κ1) is 22.5. The molecule has 1 aliphatic rings. The molecular weight excluding hydrogens is 400 g/mol. The minimum absolute atomic E-state index is 0.0183. The van der Waals surface area contributed by atoms with E-state index in [1.54, 1.807) is 26.2 Å². The van der Waals surface area contributed by atoms with Crippen molar-refractivity contribution in [3.05, 3.63) is 58.5 Å². The molecule has 8 heteroatoms. The molecule has 2 rings (SSSR count). The lowest BCUT2D eigenvalue weighted by atomic mass is 10.0. The van der Waals surface area contributed by atoms with Gasteiger partial charge in [0.1, 0.15) is 5.75 Å². The number of sulfonamides is 1. The summed E-state index contributed by atoms with van der Waals surface area (Å²) >= 11 is 6.08. The smallest absolute Gasteiger partial charge is 0.261 e. The molecule has 1 fully saturated rings. The molecule has 0 unspecified atom stereocenters. The predicted molar refractivity (Wildman–Crippen MR) is 113 cm³/mol. The van der Waals surface area contributed by atoms with E-state index in [-0.39, 0.29) is 16.2 Å². The molecule has 1 aromatic rings. The van der Waals surface area contributed by atoms with Crippen molar-refractivity contribution in [1.82, 2.24) is 4.89 Å². The van der Waals surface area contributed by atoms with Gasteiger partial charge >= 0.3 is 0 Å². The molecule has 1 aromatic carbocycles. The van der Waals surface area contributed by atoms with Gasteiger partial charge in [0, 0.05) is 11.6 Å². The van der Waals surface area contributed by atoms with Crippen LogP contribution in [0.5, 0.6) is 5.75 Å². The summed E-state index contributed by atoms with van der Waals surface area (Å²) in [6.07, 6.45) is 4.54. The maximum atomic E-state index is 11.7. The number of halogens is 1. The zero-order valence-electron chi connectivity index (χ0n) is 16.5. The molecule has 0 spiro atoms. The third-order valence-electron chi connectivity index (χ3n) is 5.30. The van der Waals surface area contributed by atoms with Gasteiger partial charge < -0.3 is 15.3 Å². The summed E-state index contributed by atoms with van der Waals surface area (Å²) in [4.78, 5) is 1.31. The fourth-order valence-electron chi connectivity index (χ4n) is 3.59. The van der Waals surface area contributed by atoms with Crippen LogP contribution >= 0.6 is 11.6 Å². The lowest BCUT2D eigenvalue weighted by Crippen LogP contribution is -2.20. The van der Waals surface area contributed by atoms with Crippen LogP contribution in [0.25, 0.3) is 0 Å². The summed E-state index contributed by atoms with van der Waals surface area (Å²) in [7, 11) is -2.30. The Labute approximate surface area is 171 Å². The van der Waals surface area contributed by atoms with E-state index >= 15 is 0 Å². The molecule has 154 valence electrons. The van der Waals surface area contributed by atoms with Gasteiger partial charge in [-0.05, 0) is 48.4 Å². The van der Waals surface area contributed by atoms with Gasteiger partial charge in [-0.2, -0.15) is 0 Å². The molecule has 0 saturated heterocycles. The standard InChI is InChI=1S/C20H27ClN2O4S/c1-6-15(28(25,26)23-24)9-7-13(2)19-16(20(19,3)4)12-22-17-11-14(21)8-10-18(17)27-5/h6-11,16,19,22-24H,2,12H2,1,3-5H3/b9-7-,15-6+/t16-,19-/m1/s1. The Balaban J connectivity index is 2.07. The van der Waals surface area contributed by atoms with Crippen LogP contribution < -0.4 is 14.9 Å². The maximum absolute atomic E-state index is 11.7. The molecule has 28 heavy (non-hydrogen) atoms. The number of methoxy groups -OCH3 is 1. The first-order chi connectivity index (χ1) is 13.1. The van der Waals surface area contributed by atoms with E-state index in [9.17, 15) is 8.42 Å². The van der Waals surface area contributed by atoms with Crippen molar-refractivity contribution in [3.63, 3.8) is 0 Å². The fourth-order valence-corrected chi connectivity index (χ4v) is 4.42. The topological polar surface area (TPSA) is 87.7 Å². The Hall–Kier alpha value is -1.80. The van der Waals surface area contributed by atoms with Gasteiger partial charge in [0.05, 0.1) is 17.7 Å². The number of hydrogen-bond donors (Lipinski definition) is 3. The van der Waals surface area contributed by atoms with E-state index in [2.05, 4.69) is 25.7 Å². The highest BCUT2D eigenvalue weighted by Crippen LogP contribution is 2.61. The lowest BCUT2D eigenvalue weighted by molar-refractivity contribution is 0.244. The van der Waals surface area contributed by atoms with Crippen LogP contribution in [0.4, 0.5) is 5.69 Å². The van der Waals surface area contributed by atoms with Crippen LogP contribution in [0.2, 0.25) is 5.02 Å². The van der Waals surface area contributed by atoms with Gasteiger partial charge in [-0.25, -0.2) is 8.42 Å². The molecule has 0 aromatic heterocycles. The molecule has 0 amide bonds. The van der Waals surface area contributed by atoms with Gasteiger partial charge in [-0.3, -0.25) is 0 Å². The number of allylic oxidation sites excluding steroid dienone is 4. The Kier molecular flexibility index (Phi) is 6.98. The van der Waals surface area contributed by atoms with E-state index in [0.717, 1.165) is 17.0 Å². The van der Waals surface area contributed by atoms with Gasteiger partial charge in [-0.15, -0.1) is 0 Å². The average Bonchev–Trinajstić information content (AvgIpc) is 3.20. The van der Waals surface area contributed by atoms with E-state index in [4.69, 9.17) is 21.5 Å². The molecule has 6 nitrogen and oxygen atoms in total. The van der Waals surface area contributed by atoms with Crippen LogP contribution in [0.1, 0.15) is 20.8 Å². The van der Waals surface area contributed by atoms with Crippen molar-refractivity contribution in [2.24, 2.45) is 17.3 Å². The van der Waals surface area contributed by atoms with E-state index in [1.165, 1.54) is 17.0 Å². The highest BCUT2D eigenvalue weighted by molar-refractivity contribution is 7.93. The largest absolute Gasteiger partial charge is 0.495 e. The van der Waals surface area contributed by atoms with Gasteiger partial charge in [0.25, 0.3) is 10.0 Å². The van der Waals surface area contributed by atoms with Crippen LogP contribution in [-0.2, 0) is 10.0 Å². The monoisotopic (exact) mass is 426 g/mol. The summed E-state index contributed by atoms with van der Waals surface area (Å²) in [6, 6.07) is 5.41. The molecule has 2 atom stereocenters. The number of rotatable bonds is 9. The maximum Gasteiger partial charge on any atom is 0.261 e. The third-order valence-corrected chi connectivity index (χ3v) is 6.77. The van der Waals surface area contributed by atoms with Crippen molar-refractivity contribution in [3.8, 4) is 5.75 Å². The average molecular weight is 427 g/mol. The van der Waals surface area contributed by atoms with Crippen molar-refractivity contribution in [1.29, 1.82) is 0 Å². The second-order valence-corrected chi connectivity index (χ2v) is 9.42. The Morgan fingerprint density at radius 1 is 1.39 bits per heavy atom. The Morgan fingerprint density at radius 3 is 2.64 bits per heavy atom. The fraction of sp³-hybridized carbons (Fsp3) is 0.400. The van der Waals surface area contributed by atoms with Crippen molar-refractivity contribution in [2.45, 2.75) is 20.8 Å². The van der Waals surface area contributed by atoms with E-state index in [0.29, 0.717) is 17.5 Å². The SMILES string of the molecule is C=C(/C=C\C(=C/C)S(=O)(=O)NO)[C@@H]1[C@@H](CNc2cc(Cl)ccc2OC)C1(C)C.